The number of aromatic nitrogens is 2. The third-order valence-electron chi connectivity index (χ3n) is 2.67. The molecule has 0 unspecified atom stereocenters. The number of rotatable bonds is 3. The maximum atomic E-state index is 12.9. The van der Waals surface area contributed by atoms with E-state index in [4.69, 9.17) is 5.73 Å². The molecule has 7 heteroatoms. The summed E-state index contributed by atoms with van der Waals surface area (Å²) in [5, 5.41) is 10.3. The highest BCUT2D eigenvalue weighted by atomic mass is 19.4. The summed E-state index contributed by atoms with van der Waals surface area (Å²) in [6.45, 7) is 2.12. The fourth-order valence-corrected chi connectivity index (χ4v) is 1.78. The van der Waals surface area contributed by atoms with Crippen LogP contribution in [0.15, 0.2) is 30.3 Å². The molecule has 0 radical (unpaired) electrons. The van der Waals surface area contributed by atoms with Gasteiger partial charge in [-0.15, -0.1) is 10.2 Å². The Hall–Kier alpha value is -2.31. The van der Waals surface area contributed by atoms with Crippen molar-refractivity contribution in [1.82, 2.24) is 10.2 Å². The second-order valence-corrected chi connectivity index (χ2v) is 4.13. The lowest BCUT2D eigenvalue weighted by Gasteiger charge is -2.15. The molecule has 2 aromatic rings. The van der Waals surface area contributed by atoms with Crippen molar-refractivity contribution in [3.63, 3.8) is 0 Å². The molecule has 0 aliphatic heterocycles. The van der Waals surface area contributed by atoms with Gasteiger partial charge in [-0.1, -0.05) is 6.07 Å². The molecule has 1 heterocycles. The Morgan fingerprint density at radius 3 is 2.45 bits per heavy atom. The van der Waals surface area contributed by atoms with E-state index in [1.807, 2.05) is 0 Å². The minimum atomic E-state index is -4.40. The highest BCUT2D eigenvalue weighted by Crippen LogP contribution is 2.36. The molecule has 1 aromatic carbocycles. The van der Waals surface area contributed by atoms with Gasteiger partial charge in [0.2, 0.25) is 0 Å². The summed E-state index contributed by atoms with van der Waals surface area (Å²) >= 11 is 0. The number of nitrogens with zero attached hydrogens (tertiary/aromatic N) is 2. The van der Waals surface area contributed by atoms with E-state index in [9.17, 15) is 13.2 Å². The van der Waals surface area contributed by atoms with Gasteiger partial charge in [0.15, 0.2) is 0 Å². The molecule has 20 heavy (non-hydrogen) atoms. The maximum Gasteiger partial charge on any atom is 0.418 e. The molecule has 3 N–H and O–H groups in total. The number of nitrogen functional groups attached to an aromatic ring is 1. The Bertz CT molecular complexity index is 594. The smallest absolute Gasteiger partial charge is 0.385 e. The van der Waals surface area contributed by atoms with Crippen LogP contribution in [0.4, 0.5) is 24.7 Å². The molecule has 0 bridgehead atoms. The van der Waals surface area contributed by atoms with Gasteiger partial charge in [-0.05, 0) is 31.2 Å². The number of hydrogen-bond acceptors (Lipinski definition) is 4. The maximum absolute atomic E-state index is 12.9. The van der Waals surface area contributed by atoms with E-state index in [2.05, 4.69) is 15.5 Å². The zero-order chi connectivity index (χ0) is 14.8. The molecule has 0 amide bonds. The summed E-state index contributed by atoms with van der Waals surface area (Å²) in [5.74, 6) is 0.257. The Morgan fingerprint density at radius 1 is 1.15 bits per heavy atom. The second-order valence-electron chi connectivity index (χ2n) is 4.13. The van der Waals surface area contributed by atoms with E-state index >= 15 is 0 Å². The zero-order valence-electron chi connectivity index (χ0n) is 10.7. The van der Waals surface area contributed by atoms with E-state index in [1.54, 1.807) is 19.1 Å². The summed E-state index contributed by atoms with van der Waals surface area (Å²) < 4.78 is 38.6. The third kappa shape index (κ3) is 2.98. The van der Waals surface area contributed by atoms with Crippen molar-refractivity contribution in [2.45, 2.75) is 13.1 Å². The molecule has 1 aromatic heterocycles. The standard InChI is InChI=1S/C13H13F3N4/c1-2-18-11-7-8(3-4-9(11)13(14,15)16)10-5-6-12(17)20-19-10/h3-7,18H,2H2,1H3,(H2,17,20). The fraction of sp³-hybridized carbons (Fsp3) is 0.231. The van der Waals surface area contributed by atoms with Crippen LogP contribution in [0.2, 0.25) is 0 Å². The van der Waals surface area contributed by atoms with Crippen molar-refractivity contribution in [3.05, 3.63) is 35.9 Å². The molecule has 0 atom stereocenters. The van der Waals surface area contributed by atoms with Gasteiger partial charge in [0.05, 0.1) is 11.3 Å². The van der Waals surface area contributed by atoms with Crippen molar-refractivity contribution in [2.24, 2.45) is 0 Å². The van der Waals surface area contributed by atoms with Crippen molar-refractivity contribution in [1.29, 1.82) is 0 Å². The minimum Gasteiger partial charge on any atom is -0.385 e. The average Bonchev–Trinajstić information content (AvgIpc) is 2.38. The molecule has 0 aliphatic carbocycles. The van der Waals surface area contributed by atoms with Crippen LogP contribution in [-0.2, 0) is 6.18 Å². The number of nitrogens with two attached hydrogens (primary N) is 1. The number of hydrogen-bond donors (Lipinski definition) is 2. The molecular weight excluding hydrogens is 269 g/mol. The number of halogens is 3. The van der Waals surface area contributed by atoms with Gasteiger partial charge in [-0.2, -0.15) is 13.2 Å². The molecule has 0 saturated carbocycles. The van der Waals surface area contributed by atoms with Gasteiger partial charge in [0, 0.05) is 17.8 Å². The molecule has 106 valence electrons. The summed E-state index contributed by atoms with van der Waals surface area (Å²) in [7, 11) is 0. The first-order chi connectivity index (χ1) is 9.41. The van der Waals surface area contributed by atoms with Crippen molar-refractivity contribution >= 4 is 11.5 Å². The minimum absolute atomic E-state index is 0.0242. The Balaban J connectivity index is 2.47. The Labute approximate surface area is 113 Å². The monoisotopic (exact) mass is 282 g/mol. The predicted octanol–water partition coefficient (Wildman–Crippen LogP) is 3.18. The van der Waals surface area contributed by atoms with E-state index in [1.165, 1.54) is 12.1 Å². The van der Waals surface area contributed by atoms with E-state index in [0.717, 1.165) is 6.07 Å². The van der Waals surface area contributed by atoms with Crippen LogP contribution in [0.1, 0.15) is 12.5 Å². The molecular formula is C13H13F3N4. The van der Waals surface area contributed by atoms with Crippen LogP contribution < -0.4 is 11.1 Å². The molecule has 0 fully saturated rings. The summed E-state index contributed by atoms with van der Waals surface area (Å²) in [6, 6.07) is 6.97. The second kappa shape index (κ2) is 5.36. The number of alkyl halides is 3. The van der Waals surface area contributed by atoms with Crippen molar-refractivity contribution in [3.8, 4) is 11.3 Å². The predicted molar refractivity (Wildman–Crippen MR) is 71.0 cm³/mol. The van der Waals surface area contributed by atoms with Gasteiger partial charge in [0.1, 0.15) is 5.82 Å². The number of nitrogens with one attached hydrogen (secondary N) is 1. The van der Waals surface area contributed by atoms with Gasteiger partial charge >= 0.3 is 6.18 Å². The van der Waals surface area contributed by atoms with E-state index in [-0.39, 0.29) is 11.5 Å². The normalized spacial score (nSPS) is 11.4. The summed E-state index contributed by atoms with van der Waals surface area (Å²) in [4.78, 5) is 0. The van der Waals surface area contributed by atoms with Gasteiger partial charge in [-0.25, -0.2) is 0 Å². The SMILES string of the molecule is CCNc1cc(-c2ccc(N)nn2)ccc1C(F)(F)F. The van der Waals surface area contributed by atoms with Gasteiger partial charge < -0.3 is 11.1 Å². The molecule has 2 rings (SSSR count). The first-order valence-corrected chi connectivity index (χ1v) is 5.96. The van der Waals surface area contributed by atoms with Crippen molar-refractivity contribution in [2.75, 3.05) is 17.6 Å². The van der Waals surface area contributed by atoms with Crippen LogP contribution in [0.25, 0.3) is 11.3 Å². The Morgan fingerprint density at radius 2 is 1.90 bits per heavy atom. The number of benzene rings is 1. The van der Waals surface area contributed by atoms with Crippen LogP contribution in [0.3, 0.4) is 0 Å². The summed E-state index contributed by atoms with van der Waals surface area (Å²) in [5.41, 5.74) is 5.76. The zero-order valence-corrected chi connectivity index (χ0v) is 10.7. The van der Waals surface area contributed by atoms with Gasteiger partial charge in [-0.3, -0.25) is 0 Å². The summed E-state index contributed by atoms with van der Waals surface area (Å²) in [6.07, 6.45) is -4.40. The van der Waals surface area contributed by atoms with E-state index in [0.29, 0.717) is 17.8 Å². The molecule has 0 aliphatic rings. The largest absolute Gasteiger partial charge is 0.418 e. The Kier molecular flexibility index (Phi) is 3.78. The van der Waals surface area contributed by atoms with Crippen LogP contribution in [0, 0.1) is 0 Å². The average molecular weight is 282 g/mol. The highest BCUT2D eigenvalue weighted by molar-refractivity contribution is 5.68. The van der Waals surface area contributed by atoms with E-state index < -0.39 is 11.7 Å². The molecule has 0 spiro atoms. The molecule has 4 nitrogen and oxygen atoms in total. The quantitative estimate of drug-likeness (QED) is 0.907. The lowest BCUT2D eigenvalue weighted by Crippen LogP contribution is -2.10. The topological polar surface area (TPSA) is 63.8 Å². The molecule has 0 saturated heterocycles. The third-order valence-corrected chi connectivity index (χ3v) is 2.67. The first-order valence-electron chi connectivity index (χ1n) is 5.96. The highest BCUT2D eigenvalue weighted by Gasteiger charge is 2.33. The van der Waals surface area contributed by atoms with Crippen LogP contribution in [-0.4, -0.2) is 16.7 Å². The van der Waals surface area contributed by atoms with Crippen molar-refractivity contribution < 1.29 is 13.2 Å². The van der Waals surface area contributed by atoms with Crippen LogP contribution in [0.5, 0.6) is 0 Å². The lowest BCUT2D eigenvalue weighted by molar-refractivity contribution is -0.136. The fourth-order valence-electron chi connectivity index (χ4n) is 1.78. The lowest BCUT2D eigenvalue weighted by atomic mass is 10.1. The van der Waals surface area contributed by atoms with Gasteiger partial charge in [0.25, 0.3) is 0 Å². The van der Waals surface area contributed by atoms with Crippen LogP contribution >= 0.6 is 0 Å². The first kappa shape index (κ1) is 14.1. The number of anilines is 2.